The Labute approximate surface area is 215 Å². The number of benzene rings is 3. The minimum Gasteiger partial charge on any atom is -0.493 e. The first-order chi connectivity index (χ1) is 16.9. The van der Waals surface area contributed by atoms with Gasteiger partial charge in [-0.15, -0.1) is 0 Å². The quantitative estimate of drug-likeness (QED) is 0.218. The summed E-state index contributed by atoms with van der Waals surface area (Å²) in [4.78, 5) is 17.7. The topological polar surface area (TPSA) is 56.1 Å². The summed E-state index contributed by atoms with van der Waals surface area (Å²) in [5, 5.41) is 3.11. The second-order valence-electron chi connectivity index (χ2n) is 9.06. The maximum absolute atomic E-state index is 12.8. The maximum atomic E-state index is 12.8. The smallest absolute Gasteiger partial charge is 0.251 e. The van der Waals surface area contributed by atoms with Crippen LogP contribution in [0.15, 0.2) is 77.3 Å². The molecular weight excluding hydrogens is 502 g/mol. The number of nitrogens with one attached hydrogen (secondary N) is 1. The van der Waals surface area contributed by atoms with Gasteiger partial charge < -0.3 is 14.6 Å². The molecule has 4 rings (SSSR count). The van der Waals surface area contributed by atoms with E-state index in [2.05, 4.69) is 57.9 Å². The van der Waals surface area contributed by atoms with E-state index < -0.39 is 0 Å². The van der Waals surface area contributed by atoms with Gasteiger partial charge in [0.15, 0.2) is 0 Å². The third-order valence-electron chi connectivity index (χ3n) is 6.08. The van der Waals surface area contributed by atoms with E-state index in [1.165, 1.54) is 5.56 Å². The molecule has 0 saturated heterocycles. The van der Waals surface area contributed by atoms with Gasteiger partial charge in [0.05, 0.1) is 23.7 Å². The van der Waals surface area contributed by atoms with Gasteiger partial charge in [0, 0.05) is 16.6 Å². The summed E-state index contributed by atoms with van der Waals surface area (Å²) in [6.45, 7) is 7.83. The molecule has 1 aromatic heterocycles. The van der Waals surface area contributed by atoms with Crippen LogP contribution in [0, 0.1) is 0 Å². The zero-order chi connectivity index (χ0) is 24.8. The summed E-state index contributed by atoms with van der Waals surface area (Å²) in [6, 6.07) is 23.6. The molecular formula is C29H32BrN3O2. The van der Waals surface area contributed by atoms with Crippen LogP contribution in [0.2, 0.25) is 0 Å². The highest BCUT2D eigenvalue weighted by Gasteiger charge is 2.19. The highest BCUT2D eigenvalue weighted by atomic mass is 79.9. The summed E-state index contributed by atoms with van der Waals surface area (Å²) in [5.74, 6) is 2.15. The molecule has 1 heterocycles. The Morgan fingerprint density at radius 1 is 1.00 bits per heavy atom. The number of carbonyl (C=O) groups is 1. The summed E-state index contributed by atoms with van der Waals surface area (Å²) >= 11 is 3.44. The lowest BCUT2D eigenvalue weighted by atomic mass is 10.0. The molecule has 4 aromatic rings. The van der Waals surface area contributed by atoms with Gasteiger partial charge in [-0.2, -0.15) is 0 Å². The Kier molecular flexibility index (Phi) is 8.24. The number of rotatable bonds is 10. The summed E-state index contributed by atoms with van der Waals surface area (Å²) < 4.78 is 9.21. The summed E-state index contributed by atoms with van der Waals surface area (Å²) in [6.07, 6.45) is 1.88. The third kappa shape index (κ3) is 6.12. The normalized spacial score (nSPS) is 12.1. The first-order valence-electron chi connectivity index (χ1n) is 12.2. The van der Waals surface area contributed by atoms with Crippen LogP contribution in [0.1, 0.15) is 67.3 Å². The van der Waals surface area contributed by atoms with Crippen LogP contribution in [0.4, 0.5) is 0 Å². The molecule has 35 heavy (non-hydrogen) atoms. The highest BCUT2D eigenvalue weighted by molar-refractivity contribution is 9.10. The van der Waals surface area contributed by atoms with Crippen molar-refractivity contribution >= 4 is 32.9 Å². The molecule has 5 nitrogen and oxygen atoms in total. The predicted octanol–water partition coefficient (Wildman–Crippen LogP) is 7.27. The number of para-hydroxylation sites is 3. The Morgan fingerprint density at radius 3 is 2.57 bits per heavy atom. The molecule has 0 bridgehead atoms. The second kappa shape index (κ2) is 11.5. The summed E-state index contributed by atoms with van der Waals surface area (Å²) in [7, 11) is 0. The van der Waals surface area contributed by atoms with E-state index in [0.29, 0.717) is 18.1 Å². The number of fused-ring (bicyclic) bond motifs is 1. The Morgan fingerprint density at radius 2 is 1.77 bits per heavy atom. The van der Waals surface area contributed by atoms with E-state index in [9.17, 15) is 4.79 Å². The fraction of sp³-hybridized carbons (Fsp3) is 0.310. The number of unbranched alkanes of at least 4 members (excludes halogenated alkanes) is 1. The molecule has 182 valence electrons. The zero-order valence-electron chi connectivity index (χ0n) is 20.5. The molecule has 1 atom stereocenters. The van der Waals surface area contributed by atoms with Crippen molar-refractivity contribution in [2.45, 2.75) is 52.1 Å². The monoisotopic (exact) mass is 533 g/mol. The van der Waals surface area contributed by atoms with Gasteiger partial charge >= 0.3 is 0 Å². The zero-order valence-corrected chi connectivity index (χ0v) is 22.1. The van der Waals surface area contributed by atoms with E-state index >= 15 is 0 Å². The number of hydrogen-bond acceptors (Lipinski definition) is 3. The fourth-order valence-corrected chi connectivity index (χ4v) is 4.68. The third-order valence-corrected chi connectivity index (χ3v) is 6.57. The molecule has 0 fully saturated rings. The van der Waals surface area contributed by atoms with Crippen LogP contribution in [0.5, 0.6) is 5.75 Å². The number of halogens is 1. The number of aromatic nitrogens is 2. The number of aryl methyl sites for hydroxylation is 1. The van der Waals surface area contributed by atoms with Crippen molar-refractivity contribution in [3.05, 3.63) is 94.2 Å². The second-order valence-corrected chi connectivity index (χ2v) is 9.98. The lowest BCUT2D eigenvalue weighted by Crippen LogP contribution is -2.28. The van der Waals surface area contributed by atoms with Crippen molar-refractivity contribution in [1.29, 1.82) is 0 Å². The number of hydrogen-bond donors (Lipinski definition) is 1. The lowest BCUT2D eigenvalue weighted by Gasteiger charge is -2.17. The molecule has 0 saturated carbocycles. The van der Waals surface area contributed by atoms with Crippen LogP contribution < -0.4 is 10.1 Å². The van der Waals surface area contributed by atoms with Crippen LogP contribution in [0.3, 0.4) is 0 Å². The molecule has 0 aliphatic heterocycles. The van der Waals surface area contributed by atoms with Crippen molar-refractivity contribution in [3.8, 4) is 5.75 Å². The lowest BCUT2D eigenvalue weighted by molar-refractivity contribution is 0.0937. The SMILES string of the molecule is CC(C)c1ccccc1OCCCCn1c(C(C)NC(=O)c2cccc(Br)c2)nc2ccccc21. The number of imidazole rings is 1. The van der Waals surface area contributed by atoms with Crippen molar-refractivity contribution < 1.29 is 9.53 Å². The molecule has 1 N–H and O–H groups in total. The van der Waals surface area contributed by atoms with Crippen molar-refractivity contribution in [2.24, 2.45) is 0 Å². The number of nitrogens with zero attached hydrogens (tertiary/aromatic N) is 2. The van der Waals surface area contributed by atoms with Crippen LogP contribution in [0.25, 0.3) is 11.0 Å². The van der Waals surface area contributed by atoms with Gasteiger partial charge in [-0.25, -0.2) is 4.98 Å². The van der Waals surface area contributed by atoms with E-state index in [1.807, 2.05) is 61.5 Å². The fourth-order valence-electron chi connectivity index (χ4n) is 4.28. The Balaban J connectivity index is 1.42. The summed E-state index contributed by atoms with van der Waals surface area (Å²) in [5.41, 5.74) is 3.88. The number of amides is 1. The van der Waals surface area contributed by atoms with Gasteiger partial charge in [-0.1, -0.05) is 66.2 Å². The number of carbonyl (C=O) groups excluding carboxylic acids is 1. The standard InChI is InChI=1S/C29H32BrN3O2/c1-20(2)24-13-4-7-16-27(24)35-18-9-8-17-33-26-15-6-5-14-25(26)32-28(33)21(3)31-29(34)22-11-10-12-23(30)19-22/h4-7,10-16,19-21H,8-9,17-18H2,1-3H3,(H,31,34). The molecule has 6 heteroatoms. The average molecular weight is 534 g/mol. The van der Waals surface area contributed by atoms with Crippen LogP contribution in [-0.4, -0.2) is 22.1 Å². The van der Waals surface area contributed by atoms with Crippen LogP contribution >= 0.6 is 15.9 Å². The van der Waals surface area contributed by atoms with Crippen molar-refractivity contribution in [1.82, 2.24) is 14.9 Å². The molecule has 1 unspecified atom stereocenters. The minimum absolute atomic E-state index is 0.116. The molecule has 0 radical (unpaired) electrons. The largest absolute Gasteiger partial charge is 0.493 e. The molecule has 1 amide bonds. The van der Waals surface area contributed by atoms with Crippen molar-refractivity contribution in [3.63, 3.8) is 0 Å². The molecule has 0 spiro atoms. The van der Waals surface area contributed by atoms with Gasteiger partial charge in [0.2, 0.25) is 0 Å². The average Bonchev–Trinajstić information content (AvgIpc) is 3.23. The van der Waals surface area contributed by atoms with Crippen LogP contribution in [-0.2, 0) is 6.54 Å². The maximum Gasteiger partial charge on any atom is 0.251 e. The molecule has 0 aliphatic rings. The van der Waals surface area contributed by atoms with E-state index in [0.717, 1.165) is 46.5 Å². The first kappa shape index (κ1) is 25.0. The molecule has 3 aromatic carbocycles. The van der Waals surface area contributed by atoms with Gasteiger partial charge in [-0.3, -0.25) is 4.79 Å². The van der Waals surface area contributed by atoms with E-state index in [1.54, 1.807) is 0 Å². The van der Waals surface area contributed by atoms with Crippen molar-refractivity contribution in [2.75, 3.05) is 6.61 Å². The molecule has 0 aliphatic carbocycles. The highest BCUT2D eigenvalue weighted by Crippen LogP contribution is 2.26. The Hall–Kier alpha value is -3.12. The Bertz CT molecular complexity index is 1300. The van der Waals surface area contributed by atoms with Gasteiger partial charge in [-0.05, 0) is 67.6 Å². The van der Waals surface area contributed by atoms with E-state index in [-0.39, 0.29) is 11.9 Å². The number of ether oxygens (including phenoxy) is 1. The predicted molar refractivity (Wildman–Crippen MR) is 145 cm³/mol. The van der Waals surface area contributed by atoms with Gasteiger partial charge in [0.1, 0.15) is 11.6 Å². The van der Waals surface area contributed by atoms with Gasteiger partial charge in [0.25, 0.3) is 5.91 Å². The first-order valence-corrected chi connectivity index (χ1v) is 13.0. The van der Waals surface area contributed by atoms with E-state index in [4.69, 9.17) is 9.72 Å². The minimum atomic E-state index is -0.233.